The van der Waals surface area contributed by atoms with Crippen molar-refractivity contribution in [1.82, 2.24) is 0 Å². The van der Waals surface area contributed by atoms with Crippen molar-refractivity contribution < 1.29 is 0 Å². The van der Waals surface area contributed by atoms with E-state index in [4.69, 9.17) is 0 Å². The van der Waals surface area contributed by atoms with E-state index in [0.29, 0.717) is 0 Å². The Labute approximate surface area is 75.6 Å². The lowest BCUT2D eigenvalue weighted by molar-refractivity contribution is 0.984. The molecule has 0 spiro atoms. The number of rotatable bonds is 3. The quantitative estimate of drug-likeness (QED) is 0.637. The first-order chi connectivity index (χ1) is 5.83. The van der Waals surface area contributed by atoms with Crippen LogP contribution in [0.25, 0.3) is 0 Å². The Morgan fingerprint density at radius 2 is 1.83 bits per heavy atom. The summed E-state index contributed by atoms with van der Waals surface area (Å²) >= 11 is 0. The van der Waals surface area contributed by atoms with E-state index >= 15 is 0 Å². The van der Waals surface area contributed by atoms with E-state index in [2.05, 4.69) is 39.0 Å². The summed E-state index contributed by atoms with van der Waals surface area (Å²) in [5.74, 6) is 0. The second-order valence-corrected chi connectivity index (χ2v) is 2.96. The number of aryl methyl sites for hydroxylation is 1. The first-order valence-corrected chi connectivity index (χ1v) is 4.76. The molecule has 0 atom stereocenters. The van der Waals surface area contributed by atoms with Crippen molar-refractivity contribution in [3.05, 3.63) is 34.9 Å². The third-order valence-electron chi connectivity index (χ3n) is 2.31. The van der Waals surface area contributed by atoms with Crippen LogP contribution in [0.15, 0.2) is 6.07 Å². The zero-order valence-corrected chi connectivity index (χ0v) is 8.20. The van der Waals surface area contributed by atoms with Gasteiger partial charge in [0.05, 0.1) is 0 Å². The molecule has 1 aromatic carbocycles. The molecule has 0 fully saturated rings. The highest BCUT2D eigenvalue weighted by atomic mass is 14.1. The molecule has 12 heavy (non-hydrogen) atoms. The highest BCUT2D eigenvalue weighted by Gasteiger charge is 2.01. The molecule has 0 unspecified atom stereocenters. The first-order valence-electron chi connectivity index (χ1n) is 4.76. The van der Waals surface area contributed by atoms with Crippen molar-refractivity contribution in [2.75, 3.05) is 0 Å². The predicted octanol–water partition coefficient (Wildman–Crippen LogP) is 2.97. The van der Waals surface area contributed by atoms with Crippen molar-refractivity contribution in [2.24, 2.45) is 0 Å². The molecule has 0 saturated carbocycles. The Hall–Kier alpha value is -0.960. The fraction of sp³-hybridized carbons (Fsp3) is 0.500. The van der Waals surface area contributed by atoms with Crippen molar-refractivity contribution in [2.45, 2.75) is 40.0 Å². The summed E-state index contributed by atoms with van der Waals surface area (Å²) in [6.07, 6.45) is 3.31. The lowest BCUT2D eigenvalue weighted by atomic mass is 9.98. The fourth-order valence-electron chi connectivity index (χ4n) is 1.62. The summed E-state index contributed by atoms with van der Waals surface area (Å²) in [6, 6.07) is 8.34. The van der Waals surface area contributed by atoms with Gasteiger partial charge in [0.25, 0.3) is 0 Å². The Morgan fingerprint density at radius 1 is 1.08 bits per heavy atom. The average Bonchev–Trinajstić information content (AvgIpc) is 2.16. The molecule has 0 radical (unpaired) electrons. The summed E-state index contributed by atoms with van der Waals surface area (Å²) in [5.41, 5.74) is 4.27. The smallest absolute Gasteiger partial charge is 0.00559 e. The van der Waals surface area contributed by atoms with E-state index in [1.807, 2.05) is 0 Å². The predicted molar refractivity (Wildman–Crippen MR) is 52.2 cm³/mol. The van der Waals surface area contributed by atoms with Crippen LogP contribution in [0, 0.1) is 12.1 Å². The van der Waals surface area contributed by atoms with Gasteiger partial charge in [-0.2, -0.15) is 0 Å². The van der Waals surface area contributed by atoms with Crippen LogP contribution < -0.4 is 0 Å². The van der Waals surface area contributed by atoms with E-state index in [0.717, 1.165) is 19.3 Å². The Kier molecular flexibility index (Phi) is 3.17. The van der Waals surface area contributed by atoms with Gasteiger partial charge in [-0.15, -0.1) is 0 Å². The van der Waals surface area contributed by atoms with Crippen molar-refractivity contribution in [1.29, 1.82) is 0 Å². The third-order valence-corrected chi connectivity index (χ3v) is 2.31. The molecule has 1 aromatic rings. The molecule has 0 heteroatoms. The molecule has 0 nitrogen and oxygen atoms in total. The molecule has 0 aliphatic rings. The molecule has 0 N–H and O–H groups in total. The second-order valence-electron chi connectivity index (χ2n) is 2.96. The minimum absolute atomic E-state index is 1.08. The summed E-state index contributed by atoms with van der Waals surface area (Å²) in [6.45, 7) is 6.58. The zero-order valence-electron chi connectivity index (χ0n) is 8.20. The monoisotopic (exact) mass is 160 g/mol. The second kappa shape index (κ2) is 4.16. The summed E-state index contributed by atoms with van der Waals surface area (Å²) < 4.78 is 0. The van der Waals surface area contributed by atoms with Crippen LogP contribution in [0.4, 0.5) is 0 Å². The molecule has 0 aliphatic carbocycles. The average molecular weight is 160 g/mol. The molecule has 1 rings (SSSR count). The van der Waals surface area contributed by atoms with Crippen LogP contribution in [0.5, 0.6) is 0 Å². The maximum Gasteiger partial charge on any atom is 0.00559 e. The van der Waals surface area contributed by atoms with Crippen molar-refractivity contribution >= 4 is 0 Å². The van der Waals surface area contributed by atoms with Gasteiger partial charge in [-0.05, 0) is 36.5 Å². The minimum atomic E-state index is 1.08. The Morgan fingerprint density at radius 3 is 2.33 bits per heavy atom. The molecule has 0 saturated heterocycles. The van der Waals surface area contributed by atoms with Gasteiger partial charge in [0.15, 0.2) is 0 Å². The molecule has 64 valence electrons. The van der Waals surface area contributed by atoms with E-state index in [-0.39, 0.29) is 0 Å². The van der Waals surface area contributed by atoms with Crippen LogP contribution in [-0.2, 0) is 19.3 Å². The van der Waals surface area contributed by atoms with Gasteiger partial charge in [-0.25, -0.2) is 0 Å². The van der Waals surface area contributed by atoms with Gasteiger partial charge in [0.2, 0.25) is 0 Å². The van der Waals surface area contributed by atoms with Crippen LogP contribution in [-0.4, -0.2) is 0 Å². The van der Waals surface area contributed by atoms with Gasteiger partial charge < -0.3 is 0 Å². The minimum Gasteiger partial charge on any atom is -0.0696 e. The highest BCUT2D eigenvalue weighted by molar-refractivity contribution is 5.31. The molecule has 0 amide bonds. The first kappa shape index (κ1) is 9.13. The zero-order chi connectivity index (χ0) is 8.97. The molecule has 0 heterocycles. The molecule has 0 aliphatic heterocycles. The Bertz CT molecular complexity index is 226. The van der Waals surface area contributed by atoms with E-state index in [9.17, 15) is 0 Å². The largest absolute Gasteiger partial charge is 0.0696 e. The van der Waals surface area contributed by atoms with Crippen molar-refractivity contribution in [3.63, 3.8) is 0 Å². The summed E-state index contributed by atoms with van der Waals surface area (Å²) in [4.78, 5) is 0. The summed E-state index contributed by atoms with van der Waals surface area (Å²) in [5, 5.41) is 0. The van der Waals surface area contributed by atoms with E-state index < -0.39 is 0 Å². The van der Waals surface area contributed by atoms with Gasteiger partial charge in [-0.1, -0.05) is 32.9 Å². The number of hydrogen-bond donors (Lipinski definition) is 0. The van der Waals surface area contributed by atoms with Gasteiger partial charge in [0, 0.05) is 5.56 Å². The molecule has 0 bridgehead atoms. The van der Waals surface area contributed by atoms with Gasteiger partial charge >= 0.3 is 0 Å². The van der Waals surface area contributed by atoms with E-state index in [1.54, 1.807) is 0 Å². The molecule has 0 aromatic heterocycles. The maximum absolute atomic E-state index is 3.19. The third kappa shape index (κ3) is 1.61. The van der Waals surface area contributed by atoms with Gasteiger partial charge in [-0.3, -0.25) is 0 Å². The standard InChI is InChI=1S/C12H16/c1-4-10-8-7-9-11(5-2)12(10)6-3/h8H,4-6H2,1-3H3. The summed E-state index contributed by atoms with van der Waals surface area (Å²) in [7, 11) is 0. The normalized spacial score (nSPS) is 9.58. The lowest BCUT2D eigenvalue weighted by Crippen LogP contribution is -1.95. The Balaban J connectivity index is 3.13. The van der Waals surface area contributed by atoms with Gasteiger partial charge in [0.1, 0.15) is 0 Å². The SMILES string of the molecule is CCc1c#ccc(CC)c1CC. The van der Waals surface area contributed by atoms with Crippen LogP contribution in [0.1, 0.15) is 37.5 Å². The molecular weight excluding hydrogens is 144 g/mol. The highest BCUT2D eigenvalue weighted by Crippen LogP contribution is 2.13. The lowest BCUT2D eigenvalue weighted by Gasteiger charge is -2.06. The van der Waals surface area contributed by atoms with Crippen LogP contribution >= 0.6 is 0 Å². The van der Waals surface area contributed by atoms with E-state index in [1.165, 1.54) is 16.7 Å². The van der Waals surface area contributed by atoms with Crippen LogP contribution in [0.3, 0.4) is 0 Å². The topological polar surface area (TPSA) is 0 Å². The van der Waals surface area contributed by atoms with Crippen molar-refractivity contribution in [3.8, 4) is 0 Å². The fourth-order valence-corrected chi connectivity index (χ4v) is 1.62. The maximum atomic E-state index is 3.19. The molecular formula is C12H16. The van der Waals surface area contributed by atoms with Crippen LogP contribution in [0.2, 0.25) is 0 Å². The number of hydrogen-bond acceptors (Lipinski definition) is 0.